The molecule has 0 aliphatic heterocycles. The second-order valence-corrected chi connectivity index (χ2v) is 15.9. The number of nitrogens with zero attached hydrogens (tertiary/aromatic N) is 5. The highest BCUT2D eigenvalue weighted by molar-refractivity contribution is 7.16. The number of nitriles is 1. The number of pyridine rings is 1. The zero-order valence-electron chi connectivity index (χ0n) is 33.9. The van der Waals surface area contributed by atoms with Crippen LogP contribution in [0.25, 0.3) is 23.9 Å². The van der Waals surface area contributed by atoms with Crippen LogP contribution >= 0.6 is 11.3 Å². The Balaban J connectivity index is 2.42. The summed E-state index contributed by atoms with van der Waals surface area (Å²) in [4.78, 5) is 23.4. The lowest BCUT2D eigenvalue weighted by molar-refractivity contribution is 0.385. The molecule has 2 unspecified atom stereocenters. The van der Waals surface area contributed by atoms with Crippen LogP contribution in [0.4, 0.5) is 5.13 Å². The average Bonchev–Trinajstić information content (AvgIpc) is 3.52. The Morgan fingerprint density at radius 2 is 1.42 bits per heavy atom. The van der Waals surface area contributed by atoms with E-state index in [9.17, 15) is 15.2 Å². The van der Waals surface area contributed by atoms with E-state index in [0.717, 1.165) is 84.0 Å². The molecule has 0 radical (unpaired) electrons. The van der Waals surface area contributed by atoms with Crippen LogP contribution < -0.4 is 25.9 Å². The molecule has 0 bridgehead atoms. The lowest BCUT2D eigenvalue weighted by Crippen LogP contribution is -2.53. The van der Waals surface area contributed by atoms with Crippen molar-refractivity contribution >= 4 is 29.1 Å². The zero-order valence-corrected chi connectivity index (χ0v) is 34.7. The van der Waals surface area contributed by atoms with Gasteiger partial charge in [-0.25, -0.2) is 4.98 Å². The average molecular weight is 730 g/mol. The van der Waals surface area contributed by atoms with Crippen molar-refractivity contribution in [2.75, 3.05) is 36.1 Å². The summed E-state index contributed by atoms with van der Waals surface area (Å²) < 4.78 is 1.33. The van der Waals surface area contributed by atoms with Gasteiger partial charge < -0.3 is 15.0 Å². The minimum Gasteiger partial charge on any atom is -0.492 e. The third-order valence-electron chi connectivity index (χ3n) is 10.6. The number of unbranched alkanes of at least 4 members (excludes halogenated alkanes) is 4. The van der Waals surface area contributed by atoms with E-state index in [1.807, 2.05) is 11.1 Å². The van der Waals surface area contributed by atoms with E-state index in [1.165, 1.54) is 48.8 Å². The van der Waals surface area contributed by atoms with Crippen molar-refractivity contribution in [1.29, 1.82) is 5.26 Å². The molecule has 3 rings (SSSR count). The highest BCUT2D eigenvalue weighted by Gasteiger charge is 2.25. The van der Waals surface area contributed by atoms with Crippen LogP contribution in [0.5, 0.6) is 5.88 Å². The Kier molecular flexibility index (Phi) is 17.5. The molecule has 1 aromatic carbocycles. The van der Waals surface area contributed by atoms with Gasteiger partial charge in [-0.1, -0.05) is 129 Å². The summed E-state index contributed by atoms with van der Waals surface area (Å²) in [6.07, 6.45) is 15.0. The van der Waals surface area contributed by atoms with Crippen molar-refractivity contribution in [3.8, 4) is 23.2 Å². The maximum atomic E-state index is 14.5. The molecule has 0 saturated carbocycles. The molecule has 0 fully saturated rings. The predicted octanol–water partition coefficient (Wildman–Crippen LogP) is 9.49. The number of hydrogen-bond donors (Lipinski definition) is 1. The highest BCUT2D eigenvalue weighted by Crippen LogP contribution is 2.38. The van der Waals surface area contributed by atoms with Crippen molar-refractivity contribution in [1.82, 2.24) is 9.66 Å². The molecular formula is C44H67N5O2S. The quantitative estimate of drug-likeness (QED) is 0.111. The Hall–Kier alpha value is -3.57. The van der Waals surface area contributed by atoms with Crippen molar-refractivity contribution in [3.05, 3.63) is 60.1 Å². The standard InChI is InChI=1S/C44H67N5O2S/c1-11-17-21-35(15-5)29-47(30-36(16-6)22-18-12-2)44-46-41(40-32(8)25-31(7)26-33(40)9)39(52-44)27-37-34(10)38(28-45)43(51)49(42(37)50)48(23-19-13-3)24-20-14-4/h25-27,35-36,51H,10-24,29-30H2,1-9H3/b37-27-. The zero-order chi connectivity index (χ0) is 38.4. The normalized spacial score (nSPS) is 13.0. The molecule has 1 N–H and O–H groups in total. The summed E-state index contributed by atoms with van der Waals surface area (Å²) in [6.45, 7) is 27.1. The number of benzene rings is 1. The van der Waals surface area contributed by atoms with Crippen molar-refractivity contribution in [2.45, 2.75) is 139 Å². The van der Waals surface area contributed by atoms with Crippen LogP contribution in [0.3, 0.4) is 0 Å². The van der Waals surface area contributed by atoms with E-state index in [-0.39, 0.29) is 22.2 Å². The number of anilines is 1. The number of aromatic hydroxyl groups is 1. The Labute approximate surface area is 318 Å². The summed E-state index contributed by atoms with van der Waals surface area (Å²) in [5.41, 5.74) is 5.08. The van der Waals surface area contributed by atoms with Crippen molar-refractivity contribution in [3.63, 3.8) is 0 Å². The van der Waals surface area contributed by atoms with Crippen LogP contribution in [0.15, 0.2) is 16.9 Å². The predicted molar refractivity (Wildman–Crippen MR) is 224 cm³/mol. The van der Waals surface area contributed by atoms with Crippen LogP contribution in [0, 0.1) is 43.9 Å². The largest absolute Gasteiger partial charge is 0.492 e. The maximum absolute atomic E-state index is 14.5. The summed E-state index contributed by atoms with van der Waals surface area (Å²) in [5, 5.41) is 25.1. The molecule has 7 nitrogen and oxygen atoms in total. The monoisotopic (exact) mass is 730 g/mol. The molecule has 2 heterocycles. The lowest BCUT2D eigenvalue weighted by atomic mass is 9.96. The Morgan fingerprint density at radius 3 is 1.88 bits per heavy atom. The number of aromatic nitrogens is 2. The van der Waals surface area contributed by atoms with Gasteiger partial charge in [0.25, 0.3) is 5.56 Å². The maximum Gasteiger partial charge on any atom is 0.280 e. The van der Waals surface area contributed by atoms with Gasteiger partial charge in [0.2, 0.25) is 5.88 Å². The van der Waals surface area contributed by atoms with E-state index in [4.69, 9.17) is 4.98 Å². The summed E-state index contributed by atoms with van der Waals surface area (Å²) >= 11 is 1.63. The fourth-order valence-corrected chi connectivity index (χ4v) is 8.38. The van der Waals surface area contributed by atoms with E-state index in [2.05, 4.69) is 92.0 Å². The van der Waals surface area contributed by atoms with Crippen LogP contribution in [0.1, 0.15) is 146 Å². The molecule has 3 aromatic rings. The van der Waals surface area contributed by atoms with E-state index in [0.29, 0.717) is 30.1 Å². The van der Waals surface area contributed by atoms with Gasteiger partial charge in [-0.2, -0.15) is 9.94 Å². The molecule has 286 valence electrons. The van der Waals surface area contributed by atoms with Gasteiger partial charge in [-0.05, 0) is 75.5 Å². The molecule has 0 spiro atoms. The fraction of sp³-hybridized carbons (Fsp3) is 0.614. The molecule has 0 amide bonds. The van der Waals surface area contributed by atoms with Crippen LogP contribution in [-0.2, 0) is 0 Å². The lowest BCUT2D eigenvalue weighted by Gasteiger charge is -2.30. The minimum absolute atomic E-state index is 0.0304. The van der Waals surface area contributed by atoms with E-state index < -0.39 is 0 Å². The van der Waals surface area contributed by atoms with Gasteiger partial charge >= 0.3 is 0 Å². The number of aryl methyl sites for hydroxylation is 3. The third kappa shape index (κ3) is 10.7. The van der Waals surface area contributed by atoms with Gasteiger partial charge in [0, 0.05) is 37.0 Å². The molecule has 2 aromatic heterocycles. The molecular weight excluding hydrogens is 663 g/mol. The number of thiazole rings is 1. The first-order valence-electron chi connectivity index (χ1n) is 20.2. The van der Waals surface area contributed by atoms with Gasteiger partial charge in [0.15, 0.2) is 5.13 Å². The molecule has 0 aliphatic carbocycles. The summed E-state index contributed by atoms with van der Waals surface area (Å²) in [6, 6.07) is 6.57. The second kappa shape index (κ2) is 21.2. The Morgan fingerprint density at radius 1 is 0.904 bits per heavy atom. The molecule has 2 atom stereocenters. The topological polar surface area (TPSA) is 85.4 Å². The van der Waals surface area contributed by atoms with Crippen LogP contribution in [-0.4, -0.2) is 40.9 Å². The number of hydrogen-bond acceptors (Lipinski definition) is 7. The Bertz CT molecular complexity index is 1750. The molecule has 8 heteroatoms. The summed E-state index contributed by atoms with van der Waals surface area (Å²) in [5.74, 6) is 0.800. The van der Waals surface area contributed by atoms with Gasteiger partial charge in [0.05, 0.1) is 15.8 Å². The first kappa shape index (κ1) is 42.8. The molecule has 0 aliphatic rings. The van der Waals surface area contributed by atoms with Gasteiger partial charge in [-0.3, -0.25) is 4.79 Å². The fourth-order valence-electron chi connectivity index (χ4n) is 7.34. The van der Waals surface area contributed by atoms with Gasteiger partial charge in [0.1, 0.15) is 11.6 Å². The van der Waals surface area contributed by atoms with Crippen molar-refractivity contribution < 1.29 is 5.11 Å². The first-order valence-corrected chi connectivity index (χ1v) is 21.0. The first-order chi connectivity index (χ1) is 25.0. The summed E-state index contributed by atoms with van der Waals surface area (Å²) in [7, 11) is 0. The minimum atomic E-state index is -0.361. The second-order valence-electron chi connectivity index (χ2n) is 14.8. The van der Waals surface area contributed by atoms with E-state index in [1.54, 1.807) is 11.3 Å². The molecule has 0 saturated heterocycles. The SMILES string of the molecule is C=c1c(C#N)c(O)n(N(CCCC)CCCC)c(=O)/c1=C\c1sc(N(CC(CC)CCCC)CC(CC)CCCC)nc1-c1c(C)cc(C)cc1C. The van der Waals surface area contributed by atoms with Crippen LogP contribution in [0.2, 0.25) is 0 Å². The third-order valence-corrected chi connectivity index (χ3v) is 11.6. The molecule has 52 heavy (non-hydrogen) atoms. The number of rotatable bonds is 22. The smallest absolute Gasteiger partial charge is 0.280 e. The highest BCUT2D eigenvalue weighted by atomic mass is 32.1. The van der Waals surface area contributed by atoms with Crippen molar-refractivity contribution in [2.24, 2.45) is 11.8 Å². The van der Waals surface area contributed by atoms with E-state index >= 15 is 0 Å². The van der Waals surface area contributed by atoms with Gasteiger partial charge in [-0.15, -0.1) is 0 Å².